The van der Waals surface area contributed by atoms with Crippen LogP contribution in [0.2, 0.25) is 0 Å². The van der Waals surface area contributed by atoms with Gasteiger partial charge in [0.25, 0.3) is 0 Å². The average molecular weight is 392 g/mol. The minimum Gasteiger partial charge on any atom is -0.505 e. The Morgan fingerprint density at radius 1 is 1.07 bits per heavy atom. The highest BCUT2D eigenvalue weighted by Crippen LogP contribution is 2.35. The van der Waals surface area contributed by atoms with E-state index in [0.717, 1.165) is 29.7 Å². The second kappa shape index (κ2) is 8.95. The summed E-state index contributed by atoms with van der Waals surface area (Å²) >= 11 is 0. The van der Waals surface area contributed by atoms with Gasteiger partial charge in [-0.3, -0.25) is 9.78 Å². The number of hydrogen-bond donors (Lipinski definition) is 2. The molecule has 2 N–H and O–H groups in total. The summed E-state index contributed by atoms with van der Waals surface area (Å²) in [6.45, 7) is 9.84. The highest BCUT2D eigenvalue weighted by atomic mass is 16.3. The van der Waals surface area contributed by atoms with E-state index in [0.29, 0.717) is 11.1 Å². The van der Waals surface area contributed by atoms with Gasteiger partial charge in [-0.25, -0.2) is 0 Å². The van der Waals surface area contributed by atoms with Crippen LogP contribution in [0.4, 0.5) is 5.69 Å². The Kier molecular flexibility index (Phi) is 6.37. The molecule has 5 heteroatoms. The molecule has 0 aliphatic carbocycles. The van der Waals surface area contributed by atoms with E-state index in [1.165, 1.54) is 0 Å². The van der Waals surface area contributed by atoms with Crippen LogP contribution in [0.3, 0.4) is 0 Å². The predicted molar refractivity (Wildman–Crippen MR) is 118 cm³/mol. The molecule has 0 bridgehead atoms. The smallest absolute Gasteiger partial charge is 0.223 e. The molecule has 0 radical (unpaired) electrons. The van der Waals surface area contributed by atoms with Crippen molar-refractivity contribution in [1.29, 1.82) is 0 Å². The fourth-order valence-electron chi connectivity index (χ4n) is 3.49. The van der Waals surface area contributed by atoms with Crippen molar-refractivity contribution in [3.8, 4) is 5.75 Å². The fourth-order valence-corrected chi connectivity index (χ4v) is 3.49. The standard InChI is InChI=1S/C24H29N3O2/c1-5-27(6-2)19-12-9-18(10-13-19)21(26-24(29)16(3)4)20-14-11-17-8-7-15-25-22(17)23(20)28/h7-16,21,28H,5-6H2,1-4H3,(H,26,29)/t21-/m1/s1. The number of amides is 1. The Morgan fingerprint density at radius 3 is 2.38 bits per heavy atom. The lowest BCUT2D eigenvalue weighted by Crippen LogP contribution is -2.32. The van der Waals surface area contributed by atoms with Gasteiger partial charge in [0, 0.05) is 41.8 Å². The van der Waals surface area contributed by atoms with E-state index in [9.17, 15) is 9.90 Å². The molecule has 1 aromatic heterocycles. The first-order valence-electron chi connectivity index (χ1n) is 10.2. The monoisotopic (exact) mass is 391 g/mol. The van der Waals surface area contributed by atoms with Crippen LogP contribution in [0, 0.1) is 5.92 Å². The zero-order chi connectivity index (χ0) is 21.0. The Labute approximate surface area is 172 Å². The molecule has 1 atom stereocenters. The van der Waals surface area contributed by atoms with Crippen LogP contribution >= 0.6 is 0 Å². The first-order chi connectivity index (χ1) is 14.0. The van der Waals surface area contributed by atoms with Crippen molar-refractivity contribution in [2.24, 2.45) is 5.92 Å². The number of nitrogens with zero attached hydrogens (tertiary/aromatic N) is 2. The number of phenols is 1. The molecule has 0 aliphatic heterocycles. The third kappa shape index (κ3) is 4.34. The maximum Gasteiger partial charge on any atom is 0.223 e. The molecular formula is C24H29N3O2. The van der Waals surface area contributed by atoms with Crippen LogP contribution in [0.15, 0.2) is 54.7 Å². The van der Waals surface area contributed by atoms with Gasteiger partial charge in [0.05, 0.1) is 6.04 Å². The summed E-state index contributed by atoms with van der Waals surface area (Å²) in [6, 6.07) is 15.2. The van der Waals surface area contributed by atoms with E-state index in [1.54, 1.807) is 6.20 Å². The maximum atomic E-state index is 12.5. The van der Waals surface area contributed by atoms with E-state index in [4.69, 9.17) is 0 Å². The van der Waals surface area contributed by atoms with Crippen molar-refractivity contribution >= 4 is 22.5 Å². The van der Waals surface area contributed by atoms with Gasteiger partial charge in [0.15, 0.2) is 0 Å². The largest absolute Gasteiger partial charge is 0.505 e. The lowest BCUT2D eigenvalue weighted by Gasteiger charge is -2.25. The van der Waals surface area contributed by atoms with Crippen molar-refractivity contribution < 1.29 is 9.90 Å². The van der Waals surface area contributed by atoms with E-state index < -0.39 is 6.04 Å². The highest BCUT2D eigenvalue weighted by molar-refractivity contribution is 5.86. The SMILES string of the molecule is CCN(CC)c1ccc([C@@H](NC(=O)C(C)C)c2ccc3cccnc3c2O)cc1. The molecule has 3 rings (SSSR count). The summed E-state index contributed by atoms with van der Waals surface area (Å²) < 4.78 is 0. The third-order valence-electron chi connectivity index (χ3n) is 5.26. The van der Waals surface area contributed by atoms with Gasteiger partial charge in [-0.1, -0.05) is 44.2 Å². The van der Waals surface area contributed by atoms with Gasteiger partial charge in [-0.05, 0) is 37.6 Å². The molecule has 0 unspecified atom stereocenters. The lowest BCUT2D eigenvalue weighted by molar-refractivity contribution is -0.124. The summed E-state index contributed by atoms with van der Waals surface area (Å²) in [4.78, 5) is 19.1. The number of nitrogens with one attached hydrogen (secondary N) is 1. The minimum atomic E-state index is -0.456. The third-order valence-corrected chi connectivity index (χ3v) is 5.26. The second-order valence-electron chi connectivity index (χ2n) is 7.44. The molecule has 152 valence electrons. The molecule has 29 heavy (non-hydrogen) atoms. The normalized spacial score (nSPS) is 12.2. The van der Waals surface area contributed by atoms with Crippen LogP contribution in [0.5, 0.6) is 5.75 Å². The second-order valence-corrected chi connectivity index (χ2v) is 7.44. The number of fused-ring (bicyclic) bond motifs is 1. The van der Waals surface area contributed by atoms with E-state index in [2.05, 4.69) is 41.2 Å². The molecule has 3 aromatic rings. The Bertz CT molecular complexity index is 979. The zero-order valence-electron chi connectivity index (χ0n) is 17.5. The molecular weight excluding hydrogens is 362 g/mol. The zero-order valence-corrected chi connectivity index (χ0v) is 17.5. The number of rotatable bonds is 7. The molecule has 1 heterocycles. The number of pyridine rings is 1. The molecule has 5 nitrogen and oxygen atoms in total. The van der Waals surface area contributed by atoms with Gasteiger partial charge in [-0.15, -0.1) is 0 Å². The number of phenolic OH excluding ortho intramolecular Hbond substituents is 1. The van der Waals surface area contributed by atoms with Crippen LogP contribution in [0.1, 0.15) is 44.9 Å². The van der Waals surface area contributed by atoms with Crippen molar-refractivity contribution in [2.75, 3.05) is 18.0 Å². The van der Waals surface area contributed by atoms with Crippen molar-refractivity contribution in [1.82, 2.24) is 10.3 Å². The Hall–Kier alpha value is -3.08. The number of aromatic nitrogens is 1. The first-order valence-corrected chi connectivity index (χ1v) is 10.2. The maximum absolute atomic E-state index is 12.5. The predicted octanol–water partition coefficient (Wildman–Crippen LogP) is 4.65. The number of hydrogen-bond acceptors (Lipinski definition) is 4. The molecule has 0 fully saturated rings. The number of carbonyl (C=O) groups is 1. The molecule has 2 aromatic carbocycles. The molecule has 0 saturated carbocycles. The van der Waals surface area contributed by atoms with E-state index in [1.807, 2.05) is 50.2 Å². The molecule has 0 saturated heterocycles. The van der Waals surface area contributed by atoms with E-state index >= 15 is 0 Å². The highest BCUT2D eigenvalue weighted by Gasteiger charge is 2.23. The van der Waals surface area contributed by atoms with Crippen LogP contribution in [-0.2, 0) is 4.79 Å². The molecule has 1 amide bonds. The number of anilines is 1. The topological polar surface area (TPSA) is 65.5 Å². The molecule has 0 spiro atoms. The molecule has 0 aliphatic rings. The van der Waals surface area contributed by atoms with Gasteiger partial charge in [0.2, 0.25) is 5.91 Å². The van der Waals surface area contributed by atoms with Gasteiger partial charge in [0.1, 0.15) is 11.3 Å². The van der Waals surface area contributed by atoms with Gasteiger partial charge < -0.3 is 15.3 Å². The first kappa shape index (κ1) is 20.6. The van der Waals surface area contributed by atoms with Crippen LogP contribution in [-0.4, -0.2) is 29.1 Å². The number of benzene rings is 2. The number of carbonyl (C=O) groups excluding carboxylic acids is 1. The van der Waals surface area contributed by atoms with Crippen molar-refractivity contribution in [2.45, 2.75) is 33.7 Å². The fraction of sp³-hybridized carbons (Fsp3) is 0.333. The van der Waals surface area contributed by atoms with Gasteiger partial charge in [-0.2, -0.15) is 0 Å². The summed E-state index contributed by atoms with van der Waals surface area (Å²) in [6.07, 6.45) is 1.66. The number of aromatic hydroxyl groups is 1. The quantitative estimate of drug-likeness (QED) is 0.615. The van der Waals surface area contributed by atoms with Gasteiger partial charge >= 0.3 is 0 Å². The summed E-state index contributed by atoms with van der Waals surface area (Å²) in [5.41, 5.74) is 3.23. The van der Waals surface area contributed by atoms with E-state index in [-0.39, 0.29) is 17.6 Å². The lowest BCUT2D eigenvalue weighted by atomic mass is 9.95. The van der Waals surface area contributed by atoms with Crippen LogP contribution in [0.25, 0.3) is 10.9 Å². The Morgan fingerprint density at radius 2 is 1.76 bits per heavy atom. The summed E-state index contributed by atoms with van der Waals surface area (Å²) in [5, 5.41) is 14.9. The summed E-state index contributed by atoms with van der Waals surface area (Å²) in [5.74, 6) is -0.124. The van der Waals surface area contributed by atoms with Crippen molar-refractivity contribution in [3.05, 3.63) is 65.9 Å². The minimum absolute atomic E-state index is 0.0664. The van der Waals surface area contributed by atoms with Crippen LogP contribution < -0.4 is 10.2 Å². The van der Waals surface area contributed by atoms with Crippen molar-refractivity contribution in [3.63, 3.8) is 0 Å². The Balaban J connectivity index is 2.06. The average Bonchev–Trinajstić information content (AvgIpc) is 2.74. The summed E-state index contributed by atoms with van der Waals surface area (Å²) in [7, 11) is 0.